The van der Waals surface area contributed by atoms with Crippen LogP contribution in [0.5, 0.6) is 5.75 Å². The molecule has 0 spiro atoms. The van der Waals surface area contributed by atoms with Crippen molar-refractivity contribution in [3.8, 4) is 17.1 Å². The summed E-state index contributed by atoms with van der Waals surface area (Å²) in [7, 11) is 1.54. The topological polar surface area (TPSA) is 130 Å². The van der Waals surface area contributed by atoms with Crippen molar-refractivity contribution >= 4 is 40.1 Å². The molecule has 3 heterocycles. The first kappa shape index (κ1) is 26.7. The number of rotatable bonds is 9. The maximum atomic E-state index is 13.0. The number of anilines is 1. The maximum absolute atomic E-state index is 13.0. The van der Waals surface area contributed by atoms with Gasteiger partial charge in [0, 0.05) is 38.6 Å². The van der Waals surface area contributed by atoms with Crippen LogP contribution >= 0.6 is 11.6 Å². The van der Waals surface area contributed by atoms with E-state index in [0.717, 1.165) is 41.7 Å². The number of aliphatic hydroxyl groups is 1. The normalized spacial score (nSPS) is 14.7. The number of fused-ring (bicyclic) bond motifs is 1. The van der Waals surface area contributed by atoms with E-state index in [-0.39, 0.29) is 12.1 Å². The predicted octanol–water partition coefficient (Wildman–Crippen LogP) is 4.77. The predicted molar refractivity (Wildman–Crippen MR) is 156 cm³/mol. The summed E-state index contributed by atoms with van der Waals surface area (Å²) < 4.78 is 5.18. The lowest BCUT2D eigenvalue weighted by molar-refractivity contribution is 0.191. The molecule has 9 nitrogen and oxygen atoms in total. The third kappa shape index (κ3) is 5.61. The fourth-order valence-corrected chi connectivity index (χ4v) is 5.20. The van der Waals surface area contributed by atoms with Gasteiger partial charge in [-0.15, -0.1) is 0 Å². The molecule has 1 aliphatic heterocycles. The molecule has 0 radical (unpaired) electrons. The van der Waals surface area contributed by atoms with E-state index < -0.39 is 6.10 Å². The molecule has 0 saturated heterocycles. The van der Waals surface area contributed by atoms with E-state index in [0.29, 0.717) is 40.0 Å². The van der Waals surface area contributed by atoms with Crippen molar-refractivity contribution in [1.29, 1.82) is 5.41 Å². The monoisotopic (exact) mass is 546 g/mol. The number of imidazole rings is 1. The van der Waals surface area contributed by atoms with Crippen molar-refractivity contribution in [2.75, 3.05) is 38.6 Å². The van der Waals surface area contributed by atoms with Crippen LogP contribution in [0.25, 0.3) is 28.0 Å². The van der Waals surface area contributed by atoms with E-state index in [2.05, 4.69) is 38.4 Å². The van der Waals surface area contributed by atoms with Crippen molar-refractivity contribution in [2.24, 2.45) is 0 Å². The summed E-state index contributed by atoms with van der Waals surface area (Å²) in [6, 6.07) is 11.1. The number of aryl methyl sites for hydroxylation is 1. The van der Waals surface area contributed by atoms with Gasteiger partial charge in [-0.2, -0.15) is 0 Å². The molecule has 5 N–H and O–H groups in total. The van der Waals surface area contributed by atoms with Gasteiger partial charge in [0.05, 0.1) is 35.0 Å². The average molecular weight is 547 g/mol. The number of nitrogens with zero attached hydrogens (tertiary/aromatic N) is 2. The summed E-state index contributed by atoms with van der Waals surface area (Å²) in [5, 5.41) is 21.7. The third-order valence-corrected chi connectivity index (χ3v) is 7.33. The number of nitrogens with one attached hydrogen (secondary N) is 4. The van der Waals surface area contributed by atoms with Crippen LogP contribution < -0.4 is 15.6 Å². The van der Waals surface area contributed by atoms with Crippen LogP contribution in [0.3, 0.4) is 0 Å². The zero-order valence-corrected chi connectivity index (χ0v) is 22.6. The molecule has 0 aliphatic carbocycles. The van der Waals surface area contributed by atoms with E-state index >= 15 is 0 Å². The molecular formula is C29H31ClN6O3. The number of hydrogen-bond acceptors (Lipinski definition) is 7. The number of H-pyrrole nitrogens is 2. The van der Waals surface area contributed by atoms with Gasteiger partial charge in [-0.1, -0.05) is 23.7 Å². The Labute approximate surface area is 231 Å². The Morgan fingerprint density at radius 3 is 2.87 bits per heavy atom. The van der Waals surface area contributed by atoms with Gasteiger partial charge in [0.1, 0.15) is 17.1 Å². The van der Waals surface area contributed by atoms with Gasteiger partial charge in [0.2, 0.25) is 0 Å². The number of hydrogen-bond donors (Lipinski definition) is 5. The van der Waals surface area contributed by atoms with E-state index in [1.807, 2.05) is 6.92 Å². The lowest BCUT2D eigenvalue weighted by Crippen LogP contribution is -2.29. The Balaban J connectivity index is 1.41. The molecule has 0 bridgehead atoms. The van der Waals surface area contributed by atoms with Crippen LogP contribution in [0.2, 0.25) is 5.02 Å². The number of aromatic amines is 2. The number of aliphatic hydroxyl groups excluding tert-OH is 1. The molecule has 202 valence electrons. The zero-order valence-electron chi connectivity index (χ0n) is 21.8. The third-order valence-electron chi connectivity index (χ3n) is 7.03. The number of aromatic nitrogens is 3. The highest BCUT2D eigenvalue weighted by Crippen LogP contribution is 2.31. The highest BCUT2D eigenvalue weighted by molar-refractivity contribution is 6.32. The first-order chi connectivity index (χ1) is 18.9. The number of halogens is 1. The van der Waals surface area contributed by atoms with Crippen molar-refractivity contribution in [3.05, 3.63) is 80.7 Å². The molecule has 5 rings (SSSR count). The van der Waals surface area contributed by atoms with Crippen molar-refractivity contribution < 1.29 is 9.84 Å². The van der Waals surface area contributed by atoms with Gasteiger partial charge in [-0.3, -0.25) is 9.69 Å². The molecule has 39 heavy (non-hydrogen) atoms. The molecule has 1 atom stereocenters. The Hall–Kier alpha value is -3.92. The Morgan fingerprint density at radius 1 is 1.31 bits per heavy atom. The van der Waals surface area contributed by atoms with Gasteiger partial charge in [0.15, 0.2) is 0 Å². The molecular weight excluding hydrogens is 516 g/mol. The summed E-state index contributed by atoms with van der Waals surface area (Å²) >= 11 is 6.22. The molecule has 1 aliphatic rings. The van der Waals surface area contributed by atoms with E-state index in [4.69, 9.17) is 26.7 Å². The van der Waals surface area contributed by atoms with Crippen molar-refractivity contribution in [2.45, 2.75) is 19.4 Å². The minimum atomic E-state index is -0.861. The van der Waals surface area contributed by atoms with Crippen LogP contribution in [-0.2, 0) is 0 Å². The summed E-state index contributed by atoms with van der Waals surface area (Å²) in [6.45, 7) is 4.57. The van der Waals surface area contributed by atoms with Gasteiger partial charge in [-0.05, 0) is 65.9 Å². The van der Waals surface area contributed by atoms with Crippen LogP contribution in [0.15, 0.2) is 53.5 Å². The Bertz CT molecular complexity index is 1610. The highest BCUT2D eigenvalue weighted by Gasteiger charge is 2.19. The van der Waals surface area contributed by atoms with Crippen molar-refractivity contribution in [1.82, 2.24) is 19.9 Å². The van der Waals surface area contributed by atoms with Gasteiger partial charge in [-0.25, -0.2) is 4.98 Å². The van der Waals surface area contributed by atoms with E-state index in [1.165, 1.54) is 18.9 Å². The standard InChI is InChI=1S/C29H31ClN6O3/c1-17-13-20(18-6-10-36(11-7-18)12-8-31)15-23-27(17)35-28(34-23)26-22(5-9-32-29(26)38)33-16-24(37)19-3-4-25(39-2)21(30)14-19/h3-6,8-9,13-15,24,31,37H,7,10-12,16H2,1-2H3,(H,34,35)(H2,32,33,38)/t24-/m1/s1. The van der Waals surface area contributed by atoms with Crippen LogP contribution in [0.1, 0.15) is 29.2 Å². The van der Waals surface area contributed by atoms with Gasteiger partial charge < -0.3 is 30.5 Å². The smallest absolute Gasteiger partial charge is 0.261 e. The lowest BCUT2D eigenvalue weighted by Gasteiger charge is -2.25. The molecule has 0 unspecified atom stereocenters. The quantitative estimate of drug-likeness (QED) is 0.192. The number of pyridine rings is 1. The largest absolute Gasteiger partial charge is 0.495 e. The van der Waals surface area contributed by atoms with E-state index in [9.17, 15) is 9.90 Å². The highest BCUT2D eigenvalue weighted by atomic mass is 35.5. The summed E-state index contributed by atoms with van der Waals surface area (Å²) in [5.74, 6) is 0.983. The number of methoxy groups -OCH3 is 1. The lowest BCUT2D eigenvalue weighted by atomic mass is 9.97. The molecule has 0 saturated carbocycles. The first-order valence-corrected chi connectivity index (χ1v) is 13.1. The summed E-state index contributed by atoms with van der Waals surface area (Å²) in [6.07, 6.45) is 5.27. The second kappa shape index (κ2) is 11.4. The summed E-state index contributed by atoms with van der Waals surface area (Å²) in [5.41, 5.74) is 6.33. The zero-order chi connectivity index (χ0) is 27.5. The summed E-state index contributed by atoms with van der Waals surface area (Å²) in [4.78, 5) is 26.0. The minimum absolute atomic E-state index is 0.158. The second-order valence-electron chi connectivity index (χ2n) is 9.60. The van der Waals surface area contributed by atoms with Gasteiger partial charge >= 0.3 is 0 Å². The SMILES string of the molecule is COc1ccc([C@H](O)CNc2cc[nH]c(=O)c2-c2nc3c(C)cc(C4=CCN(CC=N)CC4)cc3[nH]2)cc1Cl. The van der Waals surface area contributed by atoms with Crippen molar-refractivity contribution in [3.63, 3.8) is 0 Å². The van der Waals surface area contributed by atoms with E-state index in [1.54, 1.807) is 30.5 Å². The average Bonchev–Trinajstić information content (AvgIpc) is 3.36. The molecule has 0 amide bonds. The molecule has 2 aromatic carbocycles. The Morgan fingerprint density at radius 2 is 2.15 bits per heavy atom. The Kier molecular flexibility index (Phi) is 7.83. The van der Waals surface area contributed by atoms with Crippen LogP contribution in [0, 0.1) is 12.3 Å². The molecule has 0 fully saturated rings. The minimum Gasteiger partial charge on any atom is -0.495 e. The molecule has 2 aromatic heterocycles. The fraction of sp³-hybridized carbons (Fsp3) is 0.276. The fourth-order valence-electron chi connectivity index (χ4n) is 4.94. The first-order valence-electron chi connectivity index (χ1n) is 12.8. The van der Waals surface area contributed by atoms with Crippen LogP contribution in [-0.4, -0.2) is 64.5 Å². The molecule has 4 aromatic rings. The molecule has 10 heteroatoms. The number of ether oxygens (including phenoxy) is 1. The van der Waals surface area contributed by atoms with Gasteiger partial charge in [0.25, 0.3) is 5.56 Å². The number of benzene rings is 2. The maximum Gasteiger partial charge on any atom is 0.261 e. The van der Waals surface area contributed by atoms with Crippen LogP contribution in [0.4, 0.5) is 5.69 Å². The second-order valence-corrected chi connectivity index (χ2v) is 10.0.